The number of halogens is 3. The monoisotopic (exact) mass is 531 g/mol. The second kappa shape index (κ2) is 13.7. The van der Waals surface area contributed by atoms with Gasteiger partial charge in [0.15, 0.2) is 5.11 Å². The van der Waals surface area contributed by atoms with Crippen LogP contribution in [-0.2, 0) is 0 Å². The topological polar surface area (TPSA) is 71.6 Å². The van der Waals surface area contributed by atoms with Crippen LogP contribution in [0.3, 0.4) is 0 Å². The first kappa shape index (κ1) is 27.3. The third-order valence-corrected chi connectivity index (χ3v) is 5.46. The van der Waals surface area contributed by atoms with Crippen LogP contribution in [0, 0.1) is 0 Å². The number of methoxy groups -OCH3 is 1. The van der Waals surface area contributed by atoms with Crippen LogP contribution in [-0.4, -0.2) is 34.7 Å². The van der Waals surface area contributed by atoms with Gasteiger partial charge in [0.05, 0.1) is 13.7 Å². The van der Waals surface area contributed by atoms with E-state index in [2.05, 4.69) is 22.9 Å². The fourth-order valence-electron chi connectivity index (χ4n) is 2.83. The van der Waals surface area contributed by atoms with Gasteiger partial charge < -0.3 is 25.4 Å². The standard InChI is InChI=1S/C23H28Cl3N3O3S/c1-3-4-5-6-14-32-18-12-10-17(11-13-18)27-22(33)29-21(23(24,25)26)28-20(30)16-8-7-9-19(15-16)31-2/h7-13,15,21H,3-6,14H2,1-2H3,(H,28,30)(H2,27,29,33). The quantitative estimate of drug-likeness (QED) is 0.141. The lowest BCUT2D eigenvalue weighted by molar-refractivity contribution is 0.0934. The maximum Gasteiger partial charge on any atom is 0.253 e. The predicted octanol–water partition coefficient (Wildman–Crippen LogP) is 6.07. The number of ether oxygens (including phenoxy) is 2. The van der Waals surface area contributed by atoms with Crippen LogP contribution < -0.4 is 25.4 Å². The molecule has 0 aliphatic carbocycles. The molecular weight excluding hydrogens is 505 g/mol. The van der Waals surface area contributed by atoms with Crippen LogP contribution in [0.4, 0.5) is 5.69 Å². The maximum absolute atomic E-state index is 12.6. The summed E-state index contributed by atoms with van der Waals surface area (Å²) >= 11 is 23.5. The molecule has 10 heteroatoms. The fourth-order valence-corrected chi connectivity index (χ4v) is 3.39. The van der Waals surface area contributed by atoms with Gasteiger partial charge in [-0.1, -0.05) is 67.1 Å². The molecule has 2 aromatic carbocycles. The Morgan fingerprint density at radius 2 is 1.76 bits per heavy atom. The Hall–Kier alpha value is -1.93. The summed E-state index contributed by atoms with van der Waals surface area (Å²) in [5.41, 5.74) is 1.06. The Balaban J connectivity index is 1.92. The molecule has 0 aliphatic rings. The van der Waals surface area contributed by atoms with Gasteiger partial charge in [-0.15, -0.1) is 0 Å². The molecule has 1 amide bonds. The lowest BCUT2D eigenvalue weighted by atomic mass is 10.2. The summed E-state index contributed by atoms with van der Waals surface area (Å²) in [6, 6.07) is 14.0. The first-order valence-corrected chi connectivity index (χ1v) is 12.1. The van der Waals surface area contributed by atoms with Gasteiger partial charge in [-0.3, -0.25) is 4.79 Å². The van der Waals surface area contributed by atoms with Crippen LogP contribution in [0.25, 0.3) is 0 Å². The van der Waals surface area contributed by atoms with Gasteiger partial charge >= 0.3 is 0 Å². The summed E-state index contributed by atoms with van der Waals surface area (Å²) < 4.78 is 9.01. The van der Waals surface area contributed by atoms with E-state index in [9.17, 15) is 4.79 Å². The van der Waals surface area contributed by atoms with E-state index in [1.54, 1.807) is 24.3 Å². The Labute approximate surface area is 215 Å². The van der Waals surface area contributed by atoms with Gasteiger partial charge in [0.25, 0.3) is 5.91 Å². The number of hydrogen-bond acceptors (Lipinski definition) is 4. The maximum atomic E-state index is 12.6. The normalized spacial score (nSPS) is 11.9. The number of thiocarbonyl (C=S) groups is 1. The van der Waals surface area contributed by atoms with Crippen molar-refractivity contribution in [2.24, 2.45) is 0 Å². The molecule has 0 aliphatic heterocycles. The largest absolute Gasteiger partial charge is 0.497 e. The third kappa shape index (κ3) is 9.84. The zero-order valence-electron chi connectivity index (χ0n) is 18.5. The molecule has 0 fully saturated rings. The molecule has 1 unspecified atom stereocenters. The highest BCUT2D eigenvalue weighted by atomic mass is 35.6. The van der Waals surface area contributed by atoms with Gasteiger partial charge in [-0.2, -0.15) is 0 Å². The van der Waals surface area contributed by atoms with Crippen molar-refractivity contribution in [1.82, 2.24) is 10.6 Å². The number of carbonyl (C=O) groups is 1. The van der Waals surface area contributed by atoms with Crippen molar-refractivity contribution < 1.29 is 14.3 Å². The van der Waals surface area contributed by atoms with Crippen LogP contribution in [0.2, 0.25) is 0 Å². The van der Waals surface area contributed by atoms with E-state index in [0.717, 1.165) is 18.6 Å². The summed E-state index contributed by atoms with van der Waals surface area (Å²) in [4.78, 5) is 12.6. The van der Waals surface area contributed by atoms with Gasteiger partial charge in [-0.05, 0) is 61.1 Å². The average Bonchev–Trinajstić information content (AvgIpc) is 2.79. The van der Waals surface area contributed by atoms with Crippen molar-refractivity contribution >= 4 is 63.7 Å². The molecule has 0 bridgehead atoms. The van der Waals surface area contributed by atoms with E-state index in [1.807, 2.05) is 24.3 Å². The number of nitrogens with one attached hydrogen (secondary N) is 3. The number of benzene rings is 2. The Kier molecular flexibility index (Phi) is 11.3. The van der Waals surface area contributed by atoms with Gasteiger partial charge in [-0.25, -0.2) is 0 Å². The van der Waals surface area contributed by atoms with Crippen molar-refractivity contribution in [1.29, 1.82) is 0 Å². The molecule has 2 aromatic rings. The molecule has 6 nitrogen and oxygen atoms in total. The van der Waals surface area contributed by atoms with Gasteiger partial charge in [0.2, 0.25) is 3.79 Å². The van der Waals surface area contributed by atoms with Crippen molar-refractivity contribution in [3.63, 3.8) is 0 Å². The summed E-state index contributed by atoms with van der Waals surface area (Å²) in [6.45, 7) is 2.86. The lowest BCUT2D eigenvalue weighted by Crippen LogP contribution is -2.56. The zero-order chi connectivity index (χ0) is 24.3. The van der Waals surface area contributed by atoms with E-state index >= 15 is 0 Å². The highest BCUT2D eigenvalue weighted by Gasteiger charge is 2.35. The molecule has 0 aromatic heterocycles. The number of rotatable bonds is 11. The minimum atomic E-state index is -1.87. The predicted molar refractivity (Wildman–Crippen MR) is 140 cm³/mol. The molecule has 3 N–H and O–H groups in total. The first-order chi connectivity index (χ1) is 15.7. The molecule has 0 radical (unpaired) electrons. The van der Waals surface area contributed by atoms with Crippen molar-refractivity contribution in [3.05, 3.63) is 54.1 Å². The Morgan fingerprint density at radius 3 is 2.39 bits per heavy atom. The number of hydrogen-bond donors (Lipinski definition) is 3. The highest BCUT2D eigenvalue weighted by molar-refractivity contribution is 7.80. The van der Waals surface area contributed by atoms with Crippen LogP contribution in [0.1, 0.15) is 43.0 Å². The summed E-state index contributed by atoms with van der Waals surface area (Å²) in [7, 11) is 1.51. The number of carbonyl (C=O) groups excluding carboxylic acids is 1. The van der Waals surface area contributed by atoms with Gasteiger partial charge in [0.1, 0.15) is 17.7 Å². The summed E-state index contributed by atoms with van der Waals surface area (Å²) in [6.07, 6.45) is 3.51. The van der Waals surface area contributed by atoms with Gasteiger partial charge in [0, 0.05) is 11.3 Å². The summed E-state index contributed by atoms with van der Waals surface area (Å²) in [5.74, 6) is 0.855. The first-order valence-electron chi connectivity index (χ1n) is 10.5. The lowest BCUT2D eigenvalue weighted by Gasteiger charge is -2.27. The van der Waals surface area contributed by atoms with E-state index in [0.29, 0.717) is 23.6 Å². The molecule has 0 saturated carbocycles. The van der Waals surface area contributed by atoms with E-state index in [1.165, 1.54) is 20.0 Å². The second-order valence-corrected chi connectivity index (χ2v) is 9.99. The Morgan fingerprint density at radius 1 is 1.03 bits per heavy atom. The number of unbranched alkanes of at least 4 members (excludes halogenated alkanes) is 3. The molecule has 2 rings (SSSR count). The highest BCUT2D eigenvalue weighted by Crippen LogP contribution is 2.29. The fraction of sp³-hybridized carbons (Fsp3) is 0.391. The molecule has 0 spiro atoms. The van der Waals surface area contributed by atoms with E-state index in [-0.39, 0.29) is 5.11 Å². The van der Waals surface area contributed by atoms with Crippen molar-refractivity contribution in [2.45, 2.75) is 42.6 Å². The third-order valence-electron chi connectivity index (χ3n) is 4.59. The van der Waals surface area contributed by atoms with Crippen LogP contribution in [0.15, 0.2) is 48.5 Å². The molecule has 0 heterocycles. The number of amides is 1. The molecule has 0 saturated heterocycles. The number of alkyl halides is 3. The second-order valence-electron chi connectivity index (χ2n) is 7.21. The van der Waals surface area contributed by atoms with Crippen LogP contribution >= 0.6 is 47.0 Å². The number of anilines is 1. The molecular formula is C23H28Cl3N3O3S. The van der Waals surface area contributed by atoms with Crippen molar-refractivity contribution in [3.8, 4) is 11.5 Å². The van der Waals surface area contributed by atoms with E-state index < -0.39 is 15.9 Å². The van der Waals surface area contributed by atoms with Crippen LogP contribution in [0.5, 0.6) is 11.5 Å². The smallest absolute Gasteiger partial charge is 0.253 e. The SMILES string of the molecule is CCCCCCOc1ccc(NC(=S)NC(NC(=O)c2cccc(OC)c2)C(Cl)(Cl)Cl)cc1. The Bertz CT molecular complexity index is 908. The minimum Gasteiger partial charge on any atom is -0.497 e. The molecule has 180 valence electrons. The summed E-state index contributed by atoms with van der Waals surface area (Å²) in [5, 5.41) is 8.65. The average molecular weight is 533 g/mol. The van der Waals surface area contributed by atoms with Crippen molar-refractivity contribution in [2.75, 3.05) is 19.0 Å². The molecule has 33 heavy (non-hydrogen) atoms. The zero-order valence-corrected chi connectivity index (χ0v) is 21.6. The van der Waals surface area contributed by atoms with E-state index in [4.69, 9.17) is 56.5 Å². The minimum absolute atomic E-state index is 0.172. The molecule has 1 atom stereocenters.